The Morgan fingerprint density at radius 3 is 2.60 bits per heavy atom. The van der Waals surface area contributed by atoms with Crippen LogP contribution in [0.5, 0.6) is 0 Å². The molecule has 1 N–H and O–H groups in total. The topological polar surface area (TPSA) is 15.3 Å². The smallest absolute Gasteiger partial charge is 0.0406 e. The van der Waals surface area contributed by atoms with E-state index in [2.05, 4.69) is 29.3 Å². The van der Waals surface area contributed by atoms with Crippen molar-refractivity contribution in [1.82, 2.24) is 10.2 Å². The number of halogens is 1. The van der Waals surface area contributed by atoms with Crippen molar-refractivity contribution in [3.63, 3.8) is 0 Å². The quantitative estimate of drug-likeness (QED) is 0.911. The second kappa shape index (κ2) is 6.05. The van der Waals surface area contributed by atoms with Crippen LogP contribution in [-0.2, 0) is 6.54 Å². The lowest BCUT2D eigenvalue weighted by molar-refractivity contribution is 0.0349. The van der Waals surface area contributed by atoms with Gasteiger partial charge >= 0.3 is 0 Å². The van der Waals surface area contributed by atoms with Gasteiger partial charge in [-0.3, -0.25) is 4.90 Å². The predicted molar refractivity (Wildman–Crippen MR) is 85.1 cm³/mol. The molecule has 20 heavy (non-hydrogen) atoms. The summed E-state index contributed by atoms with van der Waals surface area (Å²) >= 11 is 6.00. The largest absolute Gasteiger partial charge is 0.311 e. The van der Waals surface area contributed by atoms with Crippen molar-refractivity contribution in [1.29, 1.82) is 0 Å². The van der Waals surface area contributed by atoms with E-state index in [1.807, 2.05) is 12.1 Å². The van der Waals surface area contributed by atoms with Gasteiger partial charge in [0.1, 0.15) is 0 Å². The number of piperazine rings is 1. The monoisotopic (exact) mass is 292 g/mol. The first kappa shape index (κ1) is 14.4. The fourth-order valence-corrected chi connectivity index (χ4v) is 3.94. The van der Waals surface area contributed by atoms with Crippen LogP contribution in [-0.4, -0.2) is 29.6 Å². The molecule has 1 spiro atoms. The number of hydrogen-bond donors (Lipinski definition) is 1. The van der Waals surface area contributed by atoms with Crippen molar-refractivity contribution in [2.75, 3.05) is 13.1 Å². The Morgan fingerprint density at radius 1 is 1.25 bits per heavy atom. The lowest BCUT2D eigenvalue weighted by Crippen LogP contribution is -2.62. The van der Waals surface area contributed by atoms with Crippen LogP contribution < -0.4 is 5.32 Å². The summed E-state index contributed by atoms with van der Waals surface area (Å²) in [6.07, 6.45) is 6.69. The molecule has 0 bridgehead atoms. The number of nitrogens with zero attached hydrogens (tertiary/aromatic N) is 1. The van der Waals surface area contributed by atoms with E-state index in [9.17, 15) is 0 Å². The molecular formula is C17H25ClN2. The van der Waals surface area contributed by atoms with E-state index < -0.39 is 0 Å². The zero-order valence-corrected chi connectivity index (χ0v) is 13.1. The van der Waals surface area contributed by atoms with Gasteiger partial charge < -0.3 is 5.32 Å². The average Bonchev–Trinajstić information content (AvgIpc) is 2.93. The molecule has 1 saturated heterocycles. The molecule has 1 atom stereocenters. The van der Waals surface area contributed by atoms with Gasteiger partial charge in [-0.1, -0.05) is 43.5 Å². The summed E-state index contributed by atoms with van der Waals surface area (Å²) in [5, 5.41) is 4.59. The Hall–Kier alpha value is -0.570. The maximum Gasteiger partial charge on any atom is 0.0406 e. The Bertz CT molecular complexity index is 437. The standard InChI is InChI=1S/C17H25ClN2/c1-2-16-12-20(11-14-5-7-15(18)8-6-14)17(13-19-16)9-3-4-10-17/h5-8,16,19H,2-4,9-13H2,1H3. The third-order valence-electron chi connectivity index (χ3n) is 5.15. The Labute approximate surface area is 127 Å². The van der Waals surface area contributed by atoms with Crippen LogP contribution >= 0.6 is 11.6 Å². The minimum Gasteiger partial charge on any atom is -0.311 e. The van der Waals surface area contributed by atoms with Gasteiger partial charge in [-0.2, -0.15) is 0 Å². The molecule has 1 aliphatic carbocycles. The third kappa shape index (κ3) is 2.88. The maximum atomic E-state index is 6.00. The van der Waals surface area contributed by atoms with Crippen molar-refractivity contribution >= 4 is 11.6 Å². The molecule has 3 rings (SSSR count). The van der Waals surface area contributed by atoms with Gasteiger partial charge in [0.05, 0.1) is 0 Å². The van der Waals surface area contributed by atoms with Gasteiger partial charge in [-0.05, 0) is 37.0 Å². The molecule has 110 valence electrons. The Morgan fingerprint density at radius 2 is 1.95 bits per heavy atom. The Kier molecular flexibility index (Phi) is 4.34. The molecule has 2 nitrogen and oxygen atoms in total. The highest BCUT2D eigenvalue weighted by molar-refractivity contribution is 6.30. The normalized spacial score (nSPS) is 26.2. The third-order valence-corrected chi connectivity index (χ3v) is 5.40. The molecule has 0 radical (unpaired) electrons. The lowest BCUT2D eigenvalue weighted by atomic mass is 9.90. The second-order valence-electron chi connectivity index (χ2n) is 6.42. The van der Waals surface area contributed by atoms with E-state index in [1.54, 1.807) is 0 Å². The van der Waals surface area contributed by atoms with Crippen LogP contribution in [0.25, 0.3) is 0 Å². The first-order chi connectivity index (χ1) is 9.72. The number of nitrogens with one attached hydrogen (secondary N) is 1. The van der Waals surface area contributed by atoms with Gasteiger partial charge in [0.25, 0.3) is 0 Å². The summed E-state index contributed by atoms with van der Waals surface area (Å²) in [5.41, 5.74) is 1.79. The van der Waals surface area contributed by atoms with Crippen LogP contribution in [0, 0.1) is 0 Å². The second-order valence-corrected chi connectivity index (χ2v) is 6.86. The van der Waals surface area contributed by atoms with Crippen molar-refractivity contribution in [3.8, 4) is 0 Å². The minimum atomic E-state index is 0.408. The molecule has 1 unspecified atom stereocenters. The van der Waals surface area contributed by atoms with Gasteiger partial charge in [-0.15, -0.1) is 0 Å². The summed E-state index contributed by atoms with van der Waals surface area (Å²) < 4.78 is 0. The molecule has 1 aliphatic heterocycles. The van der Waals surface area contributed by atoms with Crippen molar-refractivity contribution in [2.24, 2.45) is 0 Å². The first-order valence-electron chi connectivity index (χ1n) is 7.95. The molecule has 0 amide bonds. The summed E-state index contributed by atoms with van der Waals surface area (Å²) in [6.45, 7) is 5.69. The zero-order valence-electron chi connectivity index (χ0n) is 12.4. The number of benzene rings is 1. The predicted octanol–water partition coefficient (Wildman–Crippen LogP) is 3.84. The van der Waals surface area contributed by atoms with E-state index in [0.29, 0.717) is 11.6 Å². The highest BCUT2D eigenvalue weighted by Crippen LogP contribution is 2.38. The minimum absolute atomic E-state index is 0.408. The van der Waals surface area contributed by atoms with Gasteiger partial charge in [0.2, 0.25) is 0 Å². The number of hydrogen-bond acceptors (Lipinski definition) is 2. The van der Waals surface area contributed by atoms with Crippen LogP contribution in [0.15, 0.2) is 24.3 Å². The maximum absolute atomic E-state index is 6.00. The molecule has 1 heterocycles. The van der Waals surface area contributed by atoms with E-state index in [1.165, 1.54) is 50.8 Å². The molecule has 1 aromatic carbocycles. The van der Waals surface area contributed by atoms with Crippen LogP contribution in [0.4, 0.5) is 0 Å². The first-order valence-corrected chi connectivity index (χ1v) is 8.32. The fraction of sp³-hybridized carbons (Fsp3) is 0.647. The Balaban J connectivity index is 1.77. The van der Waals surface area contributed by atoms with E-state index in [-0.39, 0.29) is 0 Å². The molecular weight excluding hydrogens is 268 g/mol. The van der Waals surface area contributed by atoms with E-state index >= 15 is 0 Å². The van der Waals surface area contributed by atoms with Crippen molar-refractivity contribution < 1.29 is 0 Å². The van der Waals surface area contributed by atoms with Gasteiger partial charge in [0, 0.05) is 36.2 Å². The van der Waals surface area contributed by atoms with Gasteiger partial charge in [0.15, 0.2) is 0 Å². The van der Waals surface area contributed by atoms with E-state index in [0.717, 1.165) is 11.6 Å². The van der Waals surface area contributed by atoms with Crippen LogP contribution in [0.3, 0.4) is 0 Å². The van der Waals surface area contributed by atoms with Crippen molar-refractivity contribution in [3.05, 3.63) is 34.9 Å². The van der Waals surface area contributed by atoms with Crippen LogP contribution in [0.1, 0.15) is 44.6 Å². The molecule has 0 aromatic heterocycles. The SMILES string of the molecule is CCC1CN(Cc2ccc(Cl)cc2)C2(CCCC2)CN1. The highest BCUT2D eigenvalue weighted by Gasteiger charge is 2.42. The highest BCUT2D eigenvalue weighted by atomic mass is 35.5. The molecule has 2 aliphatic rings. The average molecular weight is 293 g/mol. The summed E-state index contributed by atoms with van der Waals surface area (Å²) in [5.74, 6) is 0. The summed E-state index contributed by atoms with van der Waals surface area (Å²) in [7, 11) is 0. The lowest BCUT2D eigenvalue weighted by Gasteiger charge is -2.48. The molecule has 1 saturated carbocycles. The number of rotatable bonds is 3. The zero-order chi connectivity index (χ0) is 14.0. The van der Waals surface area contributed by atoms with Crippen LogP contribution in [0.2, 0.25) is 5.02 Å². The summed E-state index contributed by atoms with van der Waals surface area (Å²) in [4.78, 5) is 2.74. The summed E-state index contributed by atoms with van der Waals surface area (Å²) in [6, 6.07) is 9.02. The molecule has 2 fully saturated rings. The van der Waals surface area contributed by atoms with Gasteiger partial charge in [-0.25, -0.2) is 0 Å². The molecule has 1 aromatic rings. The molecule has 3 heteroatoms. The van der Waals surface area contributed by atoms with E-state index in [4.69, 9.17) is 11.6 Å². The van der Waals surface area contributed by atoms with Crippen molar-refractivity contribution in [2.45, 2.75) is 57.2 Å². The fourth-order valence-electron chi connectivity index (χ4n) is 3.81.